The van der Waals surface area contributed by atoms with E-state index >= 15 is 0 Å². The standard InChI is InChI=1S/C23H18FN3O.C20H18FN3O.C19H14F3N3O.C19H16FN3O.C18H15FN4O/c1-14-9-18-10-15(6-7-21(18)26-14)16-4-5-17(20(24)11-16)12-27-13-22-19(23(27)28)3-2-8-25-22;1-13-18(12-23(2)22-13)14-7-8-16(19(21)9-14)11-24-10-15-5-3-4-6-17(15)20(24)25;1-24-8-14(7-23-24)11-2-3-12(16(21)5-11)9-25-10-13-4-15(20)6-17(22)18(13)19(25)26;1-22-10-16(9-21-22)13-6-7-15(18(20)8-13)12-23-11-14-4-2-3-5-17(14)19(23)24;1-22-9-15(7-21-22)12-2-3-14(17(19)6-12)11-23-10-13-4-5-20-8-16(13)18(23)24/h2-8,10-11,26H,1,9,12-13H2;3-9,12H,10-11H2,1-2H3;2-8H,9-10H2,1H3;2-10H,11-12H2,1H3;2-9H,10-11H2,1H3. The second-order valence-electron chi connectivity index (χ2n) is 31.9. The molecule has 0 saturated carbocycles. The monoisotopic (exact) mass is 1710 g/mol. The van der Waals surface area contributed by atoms with E-state index in [1.165, 1.54) is 34.7 Å². The van der Waals surface area contributed by atoms with Gasteiger partial charge in [-0.1, -0.05) is 110 Å². The summed E-state index contributed by atoms with van der Waals surface area (Å²) in [5.74, 6) is -4.17. The van der Waals surface area contributed by atoms with E-state index in [1.807, 2.05) is 138 Å². The Morgan fingerprint density at radius 1 is 0.346 bits per heavy atom. The highest BCUT2D eigenvalue weighted by atomic mass is 19.2. The number of hydrogen-bond acceptors (Lipinski definition) is 12. The number of fused-ring (bicyclic) bond motifs is 6. The molecule has 9 aromatic carbocycles. The van der Waals surface area contributed by atoms with Crippen LogP contribution in [-0.4, -0.2) is 103 Å². The van der Waals surface area contributed by atoms with Crippen molar-refractivity contribution in [1.82, 2.24) is 73.6 Å². The summed E-state index contributed by atoms with van der Waals surface area (Å²) in [7, 11) is 7.26. The zero-order valence-corrected chi connectivity index (χ0v) is 69.6. The molecule has 0 fully saturated rings. The normalized spacial score (nSPS) is 13.7. The summed E-state index contributed by atoms with van der Waals surface area (Å²) in [5, 5.41) is 19.8. The minimum Gasteiger partial charge on any atom is -0.359 e. The molecule has 21 rings (SSSR count). The van der Waals surface area contributed by atoms with Gasteiger partial charge in [-0.15, -0.1) is 0 Å². The summed E-state index contributed by atoms with van der Waals surface area (Å²) in [6, 6.07) is 53.5. The quantitative estimate of drug-likeness (QED) is 0.0950. The van der Waals surface area contributed by atoms with Crippen LogP contribution in [0.5, 0.6) is 0 Å². The van der Waals surface area contributed by atoms with E-state index in [1.54, 1.807) is 143 Å². The number of benzene rings is 9. The summed E-state index contributed by atoms with van der Waals surface area (Å²) < 4.78 is 107. The number of nitrogens with zero attached hydrogens (tertiary/aromatic N) is 15. The first kappa shape index (κ1) is 83.8. The van der Waals surface area contributed by atoms with Crippen LogP contribution < -0.4 is 5.32 Å². The van der Waals surface area contributed by atoms with E-state index in [4.69, 9.17) is 0 Å². The lowest BCUT2D eigenvalue weighted by molar-refractivity contribution is 0.0755. The maximum absolute atomic E-state index is 14.8. The molecule has 5 amide bonds. The Morgan fingerprint density at radius 3 is 1.19 bits per heavy atom. The average Bonchev–Trinajstić information content (AvgIpc) is 1.59. The number of pyridine rings is 2. The van der Waals surface area contributed by atoms with Crippen LogP contribution in [0.25, 0.3) is 55.6 Å². The van der Waals surface area contributed by atoms with Gasteiger partial charge in [0.25, 0.3) is 29.5 Å². The molecule has 0 saturated heterocycles. The minimum atomic E-state index is -0.889. The summed E-state index contributed by atoms with van der Waals surface area (Å²) in [5.41, 5.74) is 21.1. The van der Waals surface area contributed by atoms with Crippen molar-refractivity contribution in [3.8, 4) is 55.6 Å². The SMILES string of the molecule is C=C1Cc2cc(-c3ccc(CN4Cc5ncccc5C4=O)c(F)c3)ccc2N1.Cc1nn(C)cc1-c1ccc(CN2Cc3ccccc3C2=O)c(F)c1.Cn1cc(-c2ccc(CN3Cc4cc(F)cc(F)c4C3=O)c(F)c2)cn1.Cn1cc(-c2ccc(CN3Cc4ccccc4C3=O)c(F)c2)cn1.Cn1cc(-c2ccc(CN3Cc4ccncc4C3=O)c(F)c2)cn1. The second-order valence-corrected chi connectivity index (χ2v) is 31.9. The fourth-order valence-electron chi connectivity index (χ4n) is 16.5. The predicted molar refractivity (Wildman–Crippen MR) is 463 cm³/mol. The Labute approximate surface area is 725 Å². The molecule has 0 bridgehead atoms. The minimum absolute atomic E-state index is 0.0201. The Balaban J connectivity index is 0.000000112. The van der Waals surface area contributed by atoms with Crippen molar-refractivity contribution in [3.63, 3.8) is 0 Å². The first-order chi connectivity index (χ1) is 61.3. The Bertz CT molecular complexity index is 6740. The summed E-state index contributed by atoms with van der Waals surface area (Å²) in [6.45, 7) is 8.86. The van der Waals surface area contributed by atoms with Gasteiger partial charge in [-0.3, -0.25) is 52.7 Å². The van der Waals surface area contributed by atoms with E-state index in [-0.39, 0.29) is 97.3 Å². The number of carbonyl (C=O) groups is 5. The molecule has 0 radical (unpaired) electrons. The van der Waals surface area contributed by atoms with E-state index < -0.39 is 23.4 Å². The maximum Gasteiger partial charge on any atom is 0.257 e. The zero-order valence-electron chi connectivity index (χ0n) is 69.6. The van der Waals surface area contributed by atoms with Crippen molar-refractivity contribution in [2.75, 3.05) is 5.32 Å². The Kier molecular flexibility index (Phi) is 23.3. The third-order valence-electron chi connectivity index (χ3n) is 23.0. The fourth-order valence-corrected chi connectivity index (χ4v) is 16.5. The maximum atomic E-state index is 14.8. The zero-order chi connectivity index (χ0) is 88.6. The number of rotatable bonds is 15. The van der Waals surface area contributed by atoms with Crippen LogP contribution in [0.1, 0.15) is 119 Å². The summed E-state index contributed by atoms with van der Waals surface area (Å²) >= 11 is 0. The molecule has 0 aliphatic carbocycles. The molecule has 21 nitrogen and oxygen atoms in total. The van der Waals surface area contributed by atoms with Crippen LogP contribution >= 0.6 is 0 Å². The van der Waals surface area contributed by atoms with Crippen LogP contribution in [0, 0.1) is 47.6 Å². The van der Waals surface area contributed by atoms with Crippen molar-refractivity contribution < 1.29 is 54.7 Å². The molecule has 6 aliphatic heterocycles. The fraction of sp³-hybridized carbons (Fsp3) is 0.162. The predicted octanol–water partition coefficient (Wildman–Crippen LogP) is 18.0. The Morgan fingerprint density at radius 2 is 0.748 bits per heavy atom. The van der Waals surface area contributed by atoms with E-state index in [0.29, 0.717) is 87.9 Å². The number of nitrogens with one attached hydrogen (secondary N) is 1. The van der Waals surface area contributed by atoms with Gasteiger partial charge in [0.2, 0.25) is 0 Å². The molecule has 127 heavy (non-hydrogen) atoms. The van der Waals surface area contributed by atoms with Gasteiger partial charge in [-0.25, -0.2) is 30.7 Å². The van der Waals surface area contributed by atoms with Gasteiger partial charge in [-0.2, -0.15) is 20.4 Å². The van der Waals surface area contributed by atoms with Gasteiger partial charge in [0.1, 0.15) is 40.7 Å². The van der Waals surface area contributed by atoms with Crippen molar-refractivity contribution >= 4 is 35.2 Å². The lowest BCUT2D eigenvalue weighted by atomic mass is 10.00. The first-order valence-corrected chi connectivity index (χ1v) is 40.7. The number of allylic oxidation sites excluding steroid dienone is 1. The molecule has 636 valence electrons. The number of carbonyl (C=O) groups excluding carboxylic acids is 5. The largest absolute Gasteiger partial charge is 0.359 e. The van der Waals surface area contributed by atoms with Gasteiger partial charge >= 0.3 is 0 Å². The Hall–Kier alpha value is -15.5. The van der Waals surface area contributed by atoms with Gasteiger partial charge in [0.05, 0.1) is 53.2 Å². The molecule has 28 heteroatoms. The molecule has 0 unspecified atom stereocenters. The molecule has 6 aliphatic rings. The van der Waals surface area contributed by atoms with E-state index in [0.717, 1.165) is 102 Å². The molecular formula is C99H81F7N16O5. The number of aromatic nitrogens is 10. The van der Waals surface area contributed by atoms with Crippen LogP contribution in [0.2, 0.25) is 0 Å². The average molecular weight is 1710 g/mol. The smallest absolute Gasteiger partial charge is 0.257 e. The number of hydrogen-bond donors (Lipinski definition) is 1. The summed E-state index contributed by atoms with van der Waals surface area (Å²) in [6.07, 6.45) is 18.1. The lowest BCUT2D eigenvalue weighted by Gasteiger charge is -2.16. The highest BCUT2D eigenvalue weighted by Crippen LogP contribution is 2.37. The van der Waals surface area contributed by atoms with Crippen molar-refractivity contribution in [2.45, 2.75) is 78.8 Å². The van der Waals surface area contributed by atoms with Gasteiger partial charge in [0, 0.05) is 216 Å². The third kappa shape index (κ3) is 17.9. The third-order valence-corrected chi connectivity index (χ3v) is 23.0. The molecular weight excluding hydrogens is 1630 g/mol. The van der Waals surface area contributed by atoms with E-state index in [9.17, 15) is 54.7 Å². The van der Waals surface area contributed by atoms with Crippen LogP contribution in [0.3, 0.4) is 0 Å². The van der Waals surface area contributed by atoms with Crippen LogP contribution in [-0.2, 0) is 100 Å². The van der Waals surface area contributed by atoms with Gasteiger partial charge < -0.3 is 29.8 Å². The number of aryl methyl sites for hydroxylation is 5. The number of halogens is 7. The first-order valence-electron chi connectivity index (χ1n) is 40.7. The molecule has 0 spiro atoms. The van der Waals surface area contributed by atoms with Crippen molar-refractivity contribution in [2.24, 2.45) is 28.2 Å². The van der Waals surface area contributed by atoms with Crippen molar-refractivity contribution in [1.29, 1.82) is 0 Å². The molecule has 1 N–H and O–H groups in total. The van der Waals surface area contributed by atoms with Crippen LogP contribution in [0.4, 0.5) is 36.4 Å². The second kappa shape index (κ2) is 35.4. The molecule has 0 atom stereocenters. The van der Waals surface area contributed by atoms with Gasteiger partial charge in [0.15, 0.2) is 0 Å². The van der Waals surface area contributed by atoms with E-state index in [2.05, 4.69) is 48.3 Å². The molecule has 6 aromatic heterocycles. The molecule has 15 aromatic rings. The number of amides is 5. The van der Waals surface area contributed by atoms with Crippen molar-refractivity contribution in [3.05, 3.63) is 398 Å². The number of anilines is 1. The highest BCUT2D eigenvalue weighted by molar-refractivity contribution is 6.01. The summed E-state index contributed by atoms with van der Waals surface area (Å²) in [4.78, 5) is 78.2. The highest BCUT2D eigenvalue weighted by Gasteiger charge is 2.35. The topological polar surface area (TPSA) is 211 Å². The lowest BCUT2D eigenvalue weighted by Crippen LogP contribution is -2.24. The molecule has 12 heterocycles. The van der Waals surface area contributed by atoms with Gasteiger partial charge in [-0.05, 0) is 147 Å². The van der Waals surface area contributed by atoms with Crippen LogP contribution in [0.15, 0.2) is 262 Å².